The zero-order valence-electron chi connectivity index (χ0n) is 17.8. The highest BCUT2D eigenvalue weighted by Gasteiger charge is 2.27. The third-order valence-corrected chi connectivity index (χ3v) is 7.30. The van der Waals surface area contributed by atoms with Crippen LogP contribution in [-0.2, 0) is 27.1 Å². The minimum Gasteiger partial charge on any atom is -0.490 e. The van der Waals surface area contributed by atoms with E-state index in [2.05, 4.69) is 5.32 Å². The number of urea groups is 1. The molecule has 1 aromatic heterocycles. The summed E-state index contributed by atoms with van der Waals surface area (Å²) in [5, 5.41) is 2.21. The molecule has 1 saturated carbocycles. The minimum atomic E-state index is -3.47. The van der Waals surface area contributed by atoms with E-state index >= 15 is 0 Å². The van der Waals surface area contributed by atoms with Gasteiger partial charge in [-0.25, -0.2) is 17.6 Å². The quantitative estimate of drug-likeness (QED) is 0.547. The number of amides is 3. The molecule has 4 rings (SSSR count). The minimum absolute atomic E-state index is 0.0101. The molecule has 1 aliphatic carbocycles. The number of hydrogen-bond acceptors (Lipinski definition) is 5. The van der Waals surface area contributed by atoms with Crippen molar-refractivity contribution in [3.63, 3.8) is 0 Å². The summed E-state index contributed by atoms with van der Waals surface area (Å²) in [6.07, 6.45) is 5.48. The van der Waals surface area contributed by atoms with Gasteiger partial charge >= 0.3 is 6.03 Å². The number of ether oxygens (including phenoxy) is 1. The van der Waals surface area contributed by atoms with Crippen molar-refractivity contribution in [2.75, 3.05) is 18.9 Å². The zero-order chi connectivity index (χ0) is 22.9. The number of carbonyl (C=O) groups is 2. The predicted molar refractivity (Wildman–Crippen MR) is 115 cm³/mol. The van der Waals surface area contributed by atoms with Crippen molar-refractivity contribution < 1.29 is 27.1 Å². The zero-order valence-corrected chi connectivity index (χ0v) is 18.6. The molecule has 1 N–H and O–H groups in total. The lowest BCUT2D eigenvalue weighted by Gasteiger charge is -2.15. The number of aromatic nitrogens is 1. The number of imide groups is 1. The molecule has 8 nitrogen and oxygen atoms in total. The topological polar surface area (TPSA) is 97.7 Å². The summed E-state index contributed by atoms with van der Waals surface area (Å²) in [6, 6.07) is 5.77. The molecule has 172 valence electrons. The Balaban J connectivity index is 1.36. The Kier molecular flexibility index (Phi) is 6.23. The van der Waals surface area contributed by atoms with E-state index in [-0.39, 0.29) is 42.3 Å². The third-order valence-electron chi connectivity index (χ3n) is 5.60. The predicted octanol–water partition coefficient (Wildman–Crippen LogP) is 2.64. The molecule has 32 heavy (non-hydrogen) atoms. The summed E-state index contributed by atoms with van der Waals surface area (Å²) in [5.41, 5.74) is 1.44. The number of benzene rings is 1. The van der Waals surface area contributed by atoms with Gasteiger partial charge in [0.1, 0.15) is 12.4 Å². The van der Waals surface area contributed by atoms with Crippen LogP contribution in [0.25, 0.3) is 0 Å². The van der Waals surface area contributed by atoms with Crippen LogP contribution in [0.1, 0.15) is 36.8 Å². The van der Waals surface area contributed by atoms with Crippen LogP contribution in [0.5, 0.6) is 5.75 Å². The van der Waals surface area contributed by atoms with Gasteiger partial charge in [-0.05, 0) is 54.0 Å². The highest BCUT2D eigenvalue weighted by atomic mass is 32.2. The molecular weight excluding hydrogens is 437 g/mol. The standard InChI is InChI=1S/C22H26FN3O5S/c1-15(18-4-5-19(23)20(8-18)31-12-16-2-3-16)13-32(29,30)14-25-7-6-17(9-25)10-26-11-21(27)24-22(26)28/h4-9,15-16H,2-3,10-14H2,1H3,(H,24,27,28)/t15-/m0/s1. The maximum Gasteiger partial charge on any atom is 0.324 e. The van der Waals surface area contributed by atoms with Crippen LogP contribution < -0.4 is 10.1 Å². The summed E-state index contributed by atoms with van der Waals surface area (Å²) in [6.45, 7) is 2.49. The van der Waals surface area contributed by atoms with E-state index in [4.69, 9.17) is 4.74 Å². The van der Waals surface area contributed by atoms with Gasteiger partial charge in [0.25, 0.3) is 0 Å². The number of rotatable bonds is 10. The average Bonchev–Trinajstić information content (AvgIpc) is 3.36. The Labute approximate surface area is 186 Å². The molecule has 1 aromatic carbocycles. The van der Waals surface area contributed by atoms with Crippen molar-refractivity contribution in [2.24, 2.45) is 5.92 Å². The molecule has 2 aromatic rings. The summed E-state index contributed by atoms with van der Waals surface area (Å²) < 4.78 is 46.7. The van der Waals surface area contributed by atoms with Crippen molar-refractivity contribution in [1.82, 2.24) is 14.8 Å². The number of nitrogens with one attached hydrogen (secondary N) is 1. The molecule has 2 fully saturated rings. The summed E-state index contributed by atoms with van der Waals surface area (Å²) in [5.74, 6) is -0.795. The fourth-order valence-corrected chi connectivity index (χ4v) is 5.36. The third kappa shape index (κ3) is 5.67. The van der Waals surface area contributed by atoms with Gasteiger partial charge in [0, 0.05) is 18.9 Å². The highest BCUT2D eigenvalue weighted by molar-refractivity contribution is 7.90. The van der Waals surface area contributed by atoms with Gasteiger partial charge in [0.05, 0.1) is 12.4 Å². The summed E-state index contributed by atoms with van der Waals surface area (Å²) in [4.78, 5) is 24.3. The second-order valence-electron chi connectivity index (χ2n) is 8.63. The molecule has 0 radical (unpaired) electrons. The van der Waals surface area contributed by atoms with Crippen LogP contribution in [0.2, 0.25) is 0 Å². The molecule has 2 heterocycles. The van der Waals surface area contributed by atoms with Gasteiger partial charge < -0.3 is 14.2 Å². The Bertz CT molecular complexity index is 1130. The van der Waals surface area contributed by atoms with Gasteiger partial charge in [-0.3, -0.25) is 10.1 Å². The van der Waals surface area contributed by atoms with E-state index in [9.17, 15) is 22.4 Å². The van der Waals surface area contributed by atoms with Gasteiger partial charge in [0.2, 0.25) is 5.91 Å². The lowest BCUT2D eigenvalue weighted by atomic mass is 10.0. The van der Waals surface area contributed by atoms with Gasteiger partial charge in [-0.1, -0.05) is 13.0 Å². The molecule has 0 bridgehead atoms. The highest BCUT2D eigenvalue weighted by Crippen LogP contribution is 2.31. The summed E-state index contributed by atoms with van der Waals surface area (Å²) in [7, 11) is -3.47. The molecule has 10 heteroatoms. The number of nitrogens with zero attached hydrogens (tertiary/aromatic N) is 2. The van der Waals surface area contributed by atoms with Crippen molar-refractivity contribution in [1.29, 1.82) is 0 Å². The fraction of sp³-hybridized carbons (Fsp3) is 0.455. The van der Waals surface area contributed by atoms with Crippen molar-refractivity contribution in [3.8, 4) is 5.75 Å². The van der Waals surface area contributed by atoms with E-state index in [0.717, 1.165) is 18.4 Å². The molecule has 3 amide bonds. The second-order valence-corrected chi connectivity index (χ2v) is 10.7. The first-order valence-corrected chi connectivity index (χ1v) is 12.4. The fourth-order valence-electron chi connectivity index (χ4n) is 3.68. The number of hydrogen-bond donors (Lipinski definition) is 1. The van der Waals surface area contributed by atoms with Crippen LogP contribution in [0.4, 0.5) is 9.18 Å². The van der Waals surface area contributed by atoms with E-state index in [0.29, 0.717) is 18.1 Å². The van der Waals surface area contributed by atoms with Gasteiger partial charge in [-0.15, -0.1) is 0 Å². The molecule has 1 aliphatic heterocycles. The van der Waals surface area contributed by atoms with E-state index < -0.39 is 21.7 Å². The average molecular weight is 464 g/mol. The Morgan fingerprint density at radius 3 is 2.72 bits per heavy atom. The Morgan fingerprint density at radius 2 is 2.03 bits per heavy atom. The molecule has 2 aliphatic rings. The lowest BCUT2D eigenvalue weighted by molar-refractivity contribution is -0.118. The van der Waals surface area contributed by atoms with Crippen molar-refractivity contribution >= 4 is 21.8 Å². The van der Waals surface area contributed by atoms with Crippen LogP contribution in [0, 0.1) is 11.7 Å². The monoisotopic (exact) mass is 463 g/mol. The molecule has 0 unspecified atom stereocenters. The SMILES string of the molecule is C[C@@H](CS(=O)(=O)Cn1ccc(CN2CC(=O)NC2=O)c1)c1ccc(F)c(OCC2CC2)c1. The normalized spacial score (nSPS) is 17.5. The molecular formula is C22H26FN3O5S. The van der Waals surface area contributed by atoms with Gasteiger partial charge in [0.15, 0.2) is 21.4 Å². The first-order chi connectivity index (χ1) is 15.2. The number of carbonyl (C=O) groups excluding carboxylic acids is 2. The molecule has 1 atom stereocenters. The molecule has 0 spiro atoms. The van der Waals surface area contributed by atoms with E-state index in [1.807, 2.05) is 0 Å². The maximum absolute atomic E-state index is 14.0. The van der Waals surface area contributed by atoms with E-state index in [1.54, 1.807) is 42.1 Å². The van der Waals surface area contributed by atoms with E-state index in [1.165, 1.54) is 11.0 Å². The summed E-state index contributed by atoms with van der Waals surface area (Å²) >= 11 is 0. The van der Waals surface area contributed by atoms with Crippen LogP contribution >= 0.6 is 0 Å². The smallest absolute Gasteiger partial charge is 0.324 e. The Morgan fingerprint density at radius 1 is 1.25 bits per heavy atom. The Hall–Kier alpha value is -2.88. The van der Waals surface area contributed by atoms with Crippen LogP contribution in [-0.4, -0.2) is 48.7 Å². The number of sulfone groups is 1. The lowest BCUT2D eigenvalue weighted by Crippen LogP contribution is -2.27. The van der Waals surface area contributed by atoms with Crippen molar-refractivity contribution in [3.05, 3.63) is 53.6 Å². The molecule has 1 saturated heterocycles. The number of halogens is 1. The largest absolute Gasteiger partial charge is 0.490 e. The van der Waals surface area contributed by atoms with Crippen molar-refractivity contribution in [2.45, 2.75) is 38.1 Å². The first-order valence-electron chi connectivity index (χ1n) is 10.5. The first kappa shape index (κ1) is 22.3. The van der Waals surface area contributed by atoms with Gasteiger partial charge in [-0.2, -0.15) is 0 Å². The van der Waals surface area contributed by atoms with Crippen LogP contribution in [0.15, 0.2) is 36.7 Å². The maximum atomic E-state index is 14.0. The second kappa shape index (κ2) is 8.93. The van der Waals surface area contributed by atoms with Crippen LogP contribution in [0.3, 0.4) is 0 Å².